The van der Waals surface area contributed by atoms with E-state index in [1.807, 2.05) is 53.4 Å². The fourth-order valence-corrected chi connectivity index (χ4v) is 4.64. The summed E-state index contributed by atoms with van der Waals surface area (Å²) in [6.45, 7) is 1.17. The van der Waals surface area contributed by atoms with Crippen molar-refractivity contribution in [3.8, 4) is 0 Å². The first-order chi connectivity index (χ1) is 14.9. The van der Waals surface area contributed by atoms with Gasteiger partial charge in [0.15, 0.2) is 0 Å². The number of amides is 1. The summed E-state index contributed by atoms with van der Waals surface area (Å²) < 4.78 is 25.8. The van der Waals surface area contributed by atoms with Crippen LogP contribution in [0.5, 0.6) is 0 Å². The van der Waals surface area contributed by atoms with E-state index in [2.05, 4.69) is 11.4 Å². The van der Waals surface area contributed by atoms with Crippen molar-refractivity contribution in [3.05, 3.63) is 89.5 Å². The topological polar surface area (TPSA) is 69.7 Å². The summed E-state index contributed by atoms with van der Waals surface area (Å²) in [4.78, 5) is 15.0. The molecule has 4 rings (SSSR count). The van der Waals surface area contributed by atoms with E-state index in [0.717, 1.165) is 23.4 Å². The van der Waals surface area contributed by atoms with Gasteiger partial charge in [0.25, 0.3) is 5.91 Å². The lowest BCUT2D eigenvalue weighted by molar-refractivity contribution is 0.0989. The number of benzene rings is 3. The number of para-hydroxylation sites is 1. The highest BCUT2D eigenvalue weighted by Crippen LogP contribution is 2.29. The summed E-state index contributed by atoms with van der Waals surface area (Å²) in [6, 6.07) is 22.3. The molecule has 1 N–H and O–H groups in total. The molecule has 1 heterocycles. The first-order valence-corrected chi connectivity index (χ1v) is 11.6. The van der Waals surface area contributed by atoms with E-state index < -0.39 is 10.0 Å². The minimum absolute atomic E-state index is 0.00177. The van der Waals surface area contributed by atoms with Gasteiger partial charge in [-0.05, 0) is 60.0 Å². The van der Waals surface area contributed by atoms with Crippen molar-refractivity contribution in [1.29, 1.82) is 0 Å². The summed E-state index contributed by atoms with van der Waals surface area (Å²) in [7, 11) is -0.428. The zero-order chi connectivity index (χ0) is 22.0. The molecule has 1 aliphatic rings. The van der Waals surface area contributed by atoms with Gasteiger partial charge < -0.3 is 10.2 Å². The van der Waals surface area contributed by atoms with Crippen molar-refractivity contribution in [3.63, 3.8) is 0 Å². The van der Waals surface area contributed by atoms with Crippen LogP contribution in [0.15, 0.2) is 77.7 Å². The van der Waals surface area contributed by atoms with Crippen molar-refractivity contribution in [2.75, 3.05) is 30.9 Å². The van der Waals surface area contributed by atoms with E-state index in [-0.39, 0.29) is 10.8 Å². The van der Waals surface area contributed by atoms with E-state index >= 15 is 0 Å². The van der Waals surface area contributed by atoms with Gasteiger partial charge in [0.2, 0.25) is 10.0 Å². The highest BCUT2D eigenvalue weighted by atomic mass is 32.2. The fraction of sp³-hybridized carbons (Fsp3) is 0.208. The van der Waals surface area contributed by atoms with Crippen molar-refractivity contribution < 1.29 is 13.2 Å². The molecule has 7 heteroatoms. The lowest BCUT2D eigenvalue weighted by Crippen LogP contribution is -2.28. The average Bonchev–Trinajstić information content (AvgIpc) is 3.22. The van der Waals surface area contributed by atoms with Crippen LogP contribution in [0.1, 0.15) is 21.5 Å². The van der Waals surface area contributed by atoms with E-state index in [9.17, 15) is 13.2 Å². The van der Waals surface area contributed by atoms with Crippen LogP contribution in [-0.2, 0) is 23.0 Å². The van der Waals surface area contributed by atoms with Gasteiger partial charge in [-0.25, -0.2) is 12.7 Å². The zero-order valence-electron chi connectivity index (χ0n) is 17.6. The molecule has 0 spiro atoms. The number of nitrogens with one attached hydrogen (secondary N) is 1. The molecule has 160 valence electrons. The molecule has 0 radical (unpaired) electrons. The predicted molar refractivity (Wildman–Crippen MR) is 123 cm³/mol. The highest BCUT2D eigenvalue weighted by Gasteiger charge is 2.25. The van der Waals surface area contributed by atoms with E-state index in [4.69, 9.17) is 0 Å². The van der Waals surface area contributed by atoms with Crippen LogP contribution in [0, 0.1) is 0 Å². The normalized spacial score (nSPS) is 13.3. The molecule has 3 aromatic rings. The fourth-order valence-electron chi connectivity index (χ4n) is 3.67. The summed E-state index contributed by atoms with van der Waals surface area (Å²) in [5.41, 5.74) is 4.55. The maximum absolute atomic E-state index is 12.9. The number of nitrogens with zero attached hydrogens (tertiary/aromatic N) is 2. The number of sulfonamides is 1. The van der Waals surface area contributed by atoms with Crippen molar-refractivity contribution in [2.45, 2.75) is 17.9 Å². The van der Waals surface area contributed by atoms with E-state index in [1.54, 1.807) is 18.2 Å². The first-order valence-electron chi connectivity index (χ1n) is 10.1. The quantitative estimate of drug-likeness (QED) is 0.640. The van der Waals surface area contributed by atoms with Crippen LogP contribution in [0.25, 0.3) is 0 Å². The lowest BCUT2D eigenvalue weighted by Gasteiger charge is -2.17. The van der Waals surface area contributed by atoms with Gasteiger partial charge in [-0.2, -0.15) is 0 Å². The van der Waals surface area contributed by atoms with E-state index in [1.165, 1.54) is 24.0 Å². The number of fused-ring (bicyclic) bond motifs is 1. The monoisotopic (exact) mass is 435 g/mol. The molecular formula is C24H25N3O3S. The zero-order valence-corrected chi connectivity index (χ0v) is 18.4. The summed E-state index contributed by atoms with van der Waals surface area (Å²) in [6.07, 6.45) is 0.879. The molecule has 0 saturated carbocycles. The average molecular weight is 436 g/mol. The number of hydrogen-bond acceptors (Lipinski definition) is 4. The van der Waals surface area contributed by atoms with Gasteiger partial charge in [0.1, 0.15) is 0 Å². The third-order valence-corrected chi connectivity index (χ3v) is 7.25. The minimum Gasteiger partial charge on any atom is -0.381 e. The second kappa shape index (κ2) is 8.53. The van der Waals surface area contributed by atoms with Gasteiger partial charge in [-0.15, -0.1) is 0 Å². The van der Waals surface area contributed by atoms with Gasteiger partial charge >= 0.3 is 0 Å². The molecule has 0 atom stereocenters. The van der Waals surface area contributed by atoms with Crippen LogP contribution in [0.2, 0.25) is 0 Å². The third kappa shape index (κ3) is 4.33. The molecule has 0 fully saturated rings. The molecule has 0 bridgehead atoms. The maximum atomic E-state index is 12.9. The Morgan fingerprint density at radius 1 is 1.00 bits per heavy atom. The van der Waals surface area contributed by atoms with Crippen LogP contribution < -0.4 is 10.2 Å². The molecule has 1 aliphatic heterocycles. The van der Waals surface area contributed by atoms with Crippen LogP contribution >= 0.6 is 0 Å². The SMILES string of the molecule is CN(C)S(=O)(=O)c1cccc(CNc2ccc(C(=O)N3CCc4ccccc43)cc2)c1. The Bertz CT molecular complexity index is 1200. The Kier molecular flexibility index (Phi) is 5.80. The highest BCUT2D eigenvalue weighted by molar-refractivity contribution is 7.89. The van der Waals surface area contributed by atoms with E-state index in [0.29, 0.717) is 18.7 Å². The summed E-state index contributed by atoms with van der Waals surface area (Å²) in [5, 5.41) is 3.29. The first kappa shape index (κ1) is 21.1. The van der Waals surface area contributed by atoms with Gasteiger partial charge in [0.05, 0.1) is 4.90 Å². The van der Waals surface area contributed by atoms with Gasteiger partial charge in [-0.3, -0.25) is 4.79 Å². The Hall–Kier alpha value is -3.16. The van der Waals surface area contributed by atoms with Crippen LogP contribution in [0.4, 0.5) is 11.4 Å². The Balaban J connectivity index is 1.43. The maximum Gasteiger partial charge on any atom is 0.258 e. The number of anilines is 2. The second-order valence-electron chi connectivity index (χ2n) is 7.70. The second-order valence-corrected chi connectivity index (χ2v) is 9.85. The lowest BCUT2D eigenvalue weighted by atomic mass is 10.1. The Labute approximate surface area is 183 Å². The molecule has 0 saturated heterocycles. The molecule has 0 aromatic heterocycles. The molecule has 0 unspecified atom stereocenters. The number of hydrogen-bond donors (Lipinski definition) is 1. The molecule has 1 amide bonds. The molecule has 31 heavy (non-hydrogen) atoms. The van der Waals surface area contributed by atoms with Gasteiger partial charge in [0, 0.05) is 44.1 Å². The van der Waals surface area contributed by atoms with Crippen molar-refractivity contribution in [1.82, 2.24) is 4.31 Å². The molecule has 3 aromatic carbocycles. The van der Waals surface area contributed by atoms with Gasteiger partial charge in [-0.1, -0.05) is 30.3 Å². The molecular weight excluding hydrogens is 410 g/mol. The number of carbonyl (C=O) groups is 1. The van der Waals surface area contributed by atoms with Crippen molar-refractivity contribution >= 4 is 27.3 Å². The van der Waals surface area contributed by atoms with Crippen LogP contribution in [0.3, 0.4) is 0 Å². The number of carbonyl (C=O) groups excluding carboxylic acids is 1. The predicted octanol–water partition coefficient (Wildman–Crippen LogP) is 3.75. The summed E-state index contributed by atoms with van der Waals surface area (Å²) >= 11 is 0. The minimum atomic E-state index is -3.46. The molecule has 0 aliphatic carbocycles. The Morgan fingerprint density at radius 2 is 1.74 bits per heavy atom. The molecule has 6 nitrogen and oxygen atoms in total. The third-order valence-electron chi connectivity index (χ3n) is 5.44. The standard InChI is InChI=1S/C24H25N3O3S/c1-26(2)31(29,30)22-8-5-6-18(16-22)17-25-21-12-10-20(11-13-21)24(28)27-15-14-19-7-3-4-9-23(19)27/h3-13,16,25H,14-15,17H2,1-2H3. The number of rotatable bonds is 6. The van der Waals surface area contributed by atoms with Crippen molar-refractivity contribution in [2.24, 2.45) is 0 Å². The smallest absolute Gasteiger partial charge is 0.258 e. The largest absolute Gasteiger partial charge is 0.381 e. The van der Waals surface area contributed by atoms with Crippen LogP contribution in [-0.4, -0.2) is 39.3 Å². The Morgan fingerprint density at radius 3 is 2.48 bits per heavy atom. The summed E-state index contributed by atoms with van der Waals surface area (Å²) in [5.74, 6) is -0.00177.